The molecule has 1 rings (SSSR count). The van der Waals surface area contributed by atoms with Gasteiger partial charge < -0.3 is 0 Å². The van der Waals surface area contributed by atoms with Crippen molar-refractivity contribution in [1.29, 1.82) is 0 Å². The third-order valence-corrected chi connectivity index (χ3v) is 1.01. The fourth-order valence-corrected chi connectivity index (χ4v) is 0.573. The molecule has 0 aliphatic rings. The van der Waals surface area contributed by atoms with Gasteiger partial charge in [-0.25, -0.2) is 18.7 Å². The molecule has 0 bridgehead atoms. The average molecular weight is 144 g/mol. The first-order chi connectivity index (χ1) is 4.70. The fourth-order valence-electron chi connectivity index (χ4n) is 0.573. The van der Waals surface area contributed by atoms with E-state index in [9.17, 15) is 8.78 Å². The first-order valence-corrected chi connectivity index (χ1v) is 2.78. The molecule has 4 heteroatoms. The summed E-state index contributed by atoms with van der Waals surface area (Å²) in [6.07, 6.45) is -1.25. The van der Waals surface area contributed by atoms with Crippen LogP contribution in [0.3, 0.4) is 0 Å². The Labute approximate surface area is 56.9 Å². The summed E-state index contributed by atoms with van der Waals surface area (Å²) < 4.78 is 23.6. The van der Waals surface area contributed by atoms with Gasteiger partial charge in [0.25, 0.3) is 6.43 Å². The molecule has 0 aliphatic heterocycles. The van der Waals surface area contributed by atoms with Gasteiger partial charge in [-0.15, -0.1) is 0 Å². The van der Waals surface area contributed by atoms with Crippen LogP contribution in [0, 0.1) is 6.92 Å². The molecule has 0 radical (unpaired) electrons. The number of halogens is 2. The molecular formula is C6H6F2N2. The quantitative estimate of drug-likeness (QED) is 0.599. The maximum Gasteiger partial charge on any atom is 0.297 e. The van der Waals surface area contributed by atoms with Gasteiger partial charge in [-0.1, -0.05) is 0 Å². The van der Waals surface area contributed by atoms with Crippen molar-refractivity contribution in [1.82, 2.24) is 9.97 Å². The van der Waals surface area contributed by atoms with Crippen molar-refractivity contribution in [2.75, 3.05) is 0 Å². The number of hydrogen-bond acceptors (Lipinski definition) is 2. The van der Waals surface area contributed by atoms with Gasteiger partial charge in [0.1, 0.15) is 0 Å². The van der Waals surface area contributed by atoms with Crippen molar-refractivity contribution in [2.24, 2.45) is 0 Å². The summed E-state index contributed by atoms with van der Waals surface area (Å²) in [6, 6.07) is 1.58. The summed E-state index contributed by atoms with van der Waals surface area (Å²) >= 11 is 0. The lowest BCUT2D eigenvalue weighted by molar-refractivity contribution is 0.140. The number of rotatable bonds is 1. The van der Waals surface area contributed by atoms with Crippen molar-refractivity contribution in [3.05, 3.63) is 23.8 Å². The van der Waals surface area contributed by atoms with E-state index in [1.165, 1.54) is 6.20 Å². The van der Waals surface area contributed by atoms with E-state index in [0.29, 0.717) is 5.69 Å². The van der Waals surface area contributed by atoms with Gasteiger partial charge in [0.2, 0.25) is 0 Å². The smallest absolute Gasteiger partial charge is 0.236 e. The predicted octanol–water partition coefficient (Wildman–Crippen LogP) is 1.72. The van der Waals surface area contributed by atoms with Gasteiger partial charge in [0, 0.05) is 11.9 Å². The lowest BCUT2D eigenvalue weighted by atomic mass is 10.4. The largest absolute Gasteiger partial charge is 0.297 e. The Balaban J connectivity index is 2.96. The molecule has 0 fully saturated rings. The van der Waals surface area contributed by atoms with Crippen LogP contribution >= 0.6 is 0 Å². The molecule has 0 unspecified atom stereocenters. The molecule has 54 valence electrons. The molecule has 10 heavy (non-hydrogen) atoms. The van der Waals surface area contributed by atoms with Crippen LogP contribution in [0.5, 0.6) is 0 Å². The van der Waals surface area contributed by atoms with Crippen LogP contribution < -0.4 is 0 Å². The highest BCUT2D eigenvalue weighted by Gasteiger charge is 2.08. The zero-order valence-electron chi connectivity index (χ0n) is 5.38. The Morgan fingerprint density at radius 1 is 1.50 bits per heavy atom. The number of aryl methyl sites for hydroxylation is 1. The van der Waals surface area contributed by atoms with Gasteiger partial charge in [0.15, 0.2) is 5.82 Å². The van der Waals surface area contributed by atoms with Crippen molar-refractivity contribution in [3.8, 4) is 0 Å². The Morgan fingerprint density at radius 2 is 2.20 bits per heavy atom. The third-order valence-electron chi connectivity index (χ3n) is 1.01. The van der Waals surface area contributed by atoms with Crippen molar-refractivity contribution in [3.63, 3.8) is 0 Å². The molecule has 2 nitrogen and oxygen atoms in total. The van der Waals surface area contributed by atoms with Gasteiger partial charge in [-0.3, -0.25) is 0 Å². The monoisotopic (exact) mass is 144 g/mol. The maximum atomic E-state index is 11.8. The molecule has 0 atom stereocenters. The second-order valence-electron chi connectivity index (χ2n) is 1.86. The van der Waals surface area contributed by atoms with E-state index >= 15 is 0 Å². The molecule has 0 amide bonds. The standard InChI is InChI=1S/C6H6F2N2/c1-4-2-3-9-6(10-4)5(7)8/h2-3,5H,1H3. The fraction of sp³-hybridized carbons (Fsp3) is 0.333. The topological polar surface area (TPSA) is 25.8 Å². The van der Waals surface area contributed by atoms with Crippen molar-refractivity contribution in [2.45, 2.75) is 13.3 Å². The van der Waals surface area contributed by atoms with Crippen LogP contribution in [0.4, 0.5) is 8.78 Å². The number of nitrogens with zero attached hydrogens (tertiary/aromatic N) is 2. The third kappa shape index (κ3) is 1.46. The molecule has 0 aliphatic carbocycles. The van der Waals surface area contributed by atoms with Crippen LogP contribution in [-0.4, -0.2) is 9.97 Å². The van der Waals surface area contributed by atoms with Crippen molar-refractivity contribution >= 4 is 0 Å². The zero-order valence-corrected chi connectivity index (χ0v) is 5.38. The van der Waals surface area contributed by atoms with Gasteiger partial charge in [0.05, 0.1) is 0 Å². The normalized spacial score (nSPS) is 10.4. The van der Waals surface area contributed by atoms with Gasteiger partial charge in [-0.2, -0.15) is 0 Å². The summed E-state index contributed by atoms with van der Waals surface area (Å²) in [6.45, 7) is 1.65. The van der Waals surface area contributed by atoms with Crippen LogP contribution in [0.1, 0.15) is 17.9 Å². The van der Waals surface area contributed by atoms with Crippen LogP contribution in [0.25, 0.3) is 0 Å². The van der Waals surface area contributed by atoms with E-state index < -0.39 is 12.2 Å². The van der Waals surface area contributed by atoms with Crippen LogP contribution in [-0.2, 0) is 0 Å². The van der Waals surface area contributed by atoms with E-state index in [0.717, 1.165) is 0 Å². The average Bonchev–Trinajstić information content (AvgIpc) is 1.88. The van der Waals surface area contributed by atoms with E-state index in [1.54, 1.807) is 13.0 Å². The summed E-state index contributed by atoms with van der Waals surface area (Å²) in [5.41, 5.74) is 0.560. The Morgan fingerprint density at radius 3 is 2.60 bits per heavy atom. The molecular weight excluding hydrogens is 138 g/mol. The molecule has 1 heterocycles. The number of aromatic nitrogens is 2. The van der Waals surface area contributed by atoms with Gasteiger partial charge in [-0.05, 0) is 13.0 Å². The number of alkyl halides is 2. The minimum atomic E-state index is -2.57. The lowest BCUT2D eigenvalue weighted by Gasteiger charge is -1.96. The highest BCUT2D eigenvalue weighted by atomic mass is 19.3. The molecule has 1 aromatic rings. The second kappa shape index (κ2) is 2.68. The Hall–Kier alpha value is -1.06. The highest BCUT2D eigenvalue weighted by molar-refractivity contribution is 4.99. The van der Waals surface area contributed by atoms with Crippen LogP contribution in [0.15, 0.2) is 12.3 Å². The molecule has 0 spiro atoms. The molecule has 0 aromatic carbocycles. The molecule has 0 saturated heterocycles. The first kappa shape index (κ1) is 7.05. The van der Waals surface area contributed by atoms with Gasteiger partial charge >= 0.3 is 0 Å². The first-order valence-electron chi connectivity index (χ1n) is 2.78. The SMILES string of the molecule is Cc1ccnc(C(F)F)n1. The summed E-state index contributed by atoms with van der Waals surface area (Å²) in [5, 5.41) is 0. The highest BCUT2D eigenvalue weighted by Crippen LogP contribution is 2.12. The molecule has 1 aromatic heterocycles. The molecule has 0 saturated carbocycles. The maximum absolute atomic E-state index is 11.8. The lowest BCUT2D eigenvalue weighted by Crippen LogP contribution is -1.95. The minimum absolute atomic E-state index is 0.403. The van der Waals surface area contributed by atoms with E-state index in [1.807, 2.05) is 0 Å². The van der Waals surface area contributed by atoms with E-state index in [-0.39, 0.29) is 0 Å². The second-order valence-corrected chi connectivity index (χ2v) is 1.86. The predicted molar refractivity (Wildman–Crippen MR) is 31.7 cm³/mol. The Kier molecular flexibility index (Phi) is 1.89. The van der Waals surface area contributed by atoms with E-state index in [2.05, 4.69) is 9.97 Å². The summed E-state index contributed by atoms with van der Waals surface area (Å²) in [7, 11) is 0. The van der Waals surface area contributed by atoms with E-state index in [4.69, 9.17) is 0 Å². The zero-order chi connectivity index (χ0) is 7.56. The van der Waals surface area contributed by atoms with Crippen LogP contribution in [0.2, 0.25) is 0 Å². The number of hydrogen-bond donors (Lipinski definition) is 0. The minimum Gasteiger partial charge on any atom is -0.236 e. The van der Waals surface area contributed by atoms with Crippen molar-refractivity contribution < 1.29 is 8.78 Å². The molecule has 0 N–H and O–H groups in total. The Bertz CT molecular complexity index is 225. The summed E-state index contributed by atoms with van der Waals surface area (Å²) in [4.78, 5) is 6.89. The summed E-state index contributed by atoms with van der Waals surface area (Å²) in [5.74, 6) is -0.403.